The van der Waals surface area contributed by atoms with E-state index in [2.05, 4.69) is 20.1 Å². The number of amides is 2. The van der Waals surface area contributed by atoms with E-state index in [1.54, 1.807) is 12.1 Å². The number of carbonyl (C=O) groups is 2. The molecule has 54 heavy (non-hydrogen) atoms. The first-order valence-electron chi connectivity index (χ1n) is 16.3. The van der Waals surface area contributed by atoms with Gasteiger partial charge in [-0.15, -0.1) is 0 Å². The van der Waals surface area contributed by atoms with Gasteiger partial charge in [0, 0.05) is 33.9 Å². The van der Waals surface area contributed by atoms with Crippen LogP contribution in [0.4, 0.5) is 31.5 Å². The standard InChI is InChI=1S/C40H32F2N4O6S2/c1-25-23-29(7-21-37(25)43-39(47)27-3-13-33(14-4-27)45-53(49,50)35-17-9-31(41)10-18-35)30-8-22-38(26(2)24-30)44-40(48)28-5-15-34(16-6-28)46-54(51,52)36-19-11-32(42)12-20-36/h3-24,45-46H,1-2H3,(H,43,47)(H,44,48). The van der Waals surface area contributed by atoms with Gasteiger partial charge in [-0.3, -0.25) is 19.0 Å². The molecule has 0 saturated carbocycles. The Bertz CT molecular complexity index is 2400. The molecule has 0 heterocycles. The molecule has 0 saturated heterocycles. The number of carbonyl (C=O) groups excluding carboxylic acids is 2. The maximum absolute atomic E-state index is 13.2. The van der Waals surface area contributed by atoms with Crippen LogP contribution in [0.5, 0.6) is 0 Å². The highest BCUT2D eigenvalue weighted by Crippen LogP contribution is 2.29. The number of rotatable bonds is 11. The van der Waals surface area contributed by atoms with Crippen molar-refractivity contribution in [3.63, 3.8) is 0 Å². The molecule has 0 bridgehead atoms. The number of aryl methyl sites for hydroxylation is 2. The zero-order valence-corrected chi connectivity index (χ0v) is 30.4. The molecule has 6 aromatic carbocycles. The van der Waals surface area contributed by atoms with E-state index in [1.807, 2.05) is 38.1 Å². The lowest BCUT2D eigenvalue weighted by Gasteiger charge is -2.14. The summed E-state index contributed by atoms with van der Waals surface area (Å²) in [4.78, 5) is 25.8. The lowest BCUT2D eigenvalue weighted by molar-refractivity contribution is 0.101. The Labute approximate surface area is 311 Å². The first kappa shape index (κ1) is 37.4. The molecule has 6 aromatic rings. The number of hydrogen-bond donors (Lipinski definition) is 4. The van der Waals surface area contributed by atoms with Gasteiger partial charge in [0.2, 0.25) is 0 Å². The molecular weight excluding hydrogens is 735 g/mol. The van der Waals surface area contributed by atoms with Crippen LogP contribution in [0.25, 0.3) is 11.1 Å². The van der Waals surface area contributed by atoms with Crippen LogP contribution in [0.1, 0.15) is 31.8 Å². The Balaban J connectivity index is 1.06. The molecule has 0 radical (unpaired) electrons. The third kappa shape index (κ3) is 8.80. The van der Waals surface area contributed by atoms with Crippen molar-refractivity contribution < 1.29 is 35.2 Å². The molecule has 0 aromatic heterocycles. The quantitative estimate of drug-likeness (QED) is 0.104. The predicted octanol–water partition coefficient (Wildman–Crippen LogP) is 8.35. The monoisotopic (exact) mass is 766 g/mol. The number of anilines is 4. The number of hydrogen-bond acceptors (Lipinski definition) is 6. The fourth-order valence-electron chi connectivity index (χ4n) is 5.39. The maximum Gasteiger partial charge on any atom is 0.261 e. The minimum atomic E-state index is -3.94. The van der Waals surface area contributed by atoms with E-state index in [-0.39, 0.29) is 21.2 Å². The summed E-state index contributed by atoms with van der Waals surface area (Å²) in [5, 5.41) is 5.76. The zero-order valence-electron chi connectivity index (χ0n) is 28.7. The van der Waals surface area contributed by atoms with Gasteiger partial charge in [-0.2, -0.15) is 0 Å². The Hall–Kier alpha value is -6.38. The Morgan fingerprint density at radius 3 is 1.11 bits per heavy atom. The number of nitrogens with one attached hydrogen (secondary N) is 4. The second-order valence-electron chi connectivity index (χ2n) is 12.2. The van der Waals surface area contributed by atoms with E-state index < -0.39 is 43.5 Å². The molecule has 4 N–H and O–H groups in total. The highest BCUT2D eigenvalue weighted by atomic mass is 32.2. The maximum atomic E-state index is 13.2. The van der Waals surface area contributed by atoms with Gasteiger partial charge in [-0.05, 0) is 157 Å². The second kappa shape index (κ2) is 15.3. The second-order valence-corrected chi connectivity index (χ2v) is 15.6. The SMILES string of the molecule is Cc1cc(-c2ccc(NC(=O)c3ccc(NS(=O)(=O)c4ccc(F)cc4)cc3)c(C)c2)ccc1NC(=O)c1ccc(NS(=O)(=O)c2ccc(F)cc2)cc1. The summed E-state index contributed by atoms with van der Waals surface area (Å²) in [5.74, 6) is -1.89. The molecule has 274 valence electrons. The van der Waals surface area contributed by atoms with E-state index >= 15 is 0 Å². The van der Waals surface area contributed by atoms with Crippen molar-refractivity contribution >= 4 is 54.6 Å². The van der Waals surface area contributed by atoms with Gasteiger partial charge in [-0.25, -0.2) is 25.6 Å². The Morgan fingerprint density at radius 2 is 0.796 bits per heavy atom. The van der Waals surface area contributed by atoms with Gasteiger partial charge in [0.25, 0.3) is 31.9 Å². The summed E-state index contributed by atoms with van der Waals surface area (Å²) in [7, 11) is -7.88. The summed E-state index contributed by atoms with van der Waals surface area (Å²) in [5.41, 5.74) is 5.59. The number of sulfonamides is 2. The van der Waals surface area contributed by atoms with Crippen LogP contribution in [-0.2, 0) is 20.0 Å². The molecule has 0 unspecified atom stereocenters. The molecule has 0 aliphatic carbocycles. The lowest BCUT2D eigenvalue weighted by atomic mass is 9.99. The van der Waals surface area contributed by atoms with E-state index in [9.17, 15) is 35.2 Å². The van der Waals surface area contributed by atoms with Crippen molar-refractivity contribution in [1.29, 1.82) is 0 Å². The average Bonchev–Trinajstić information content (AvgIpc) is 3.14. The molecule has 6 rings (SSSR count). The summed E-state index contributed by atoms with van der Waals surface area (Å²) >= 11 is 0. The fourth-order valence-corrected chi connectivity index (χ4v) is 7.51. The summed E-state index contributed by atoms with van der Waals surface area (Å²) in [6.45, 7) is 3.71. The average molecular weight is 767 g/mol. The van der Waals surface area contributed by atoms with Gasteiger partial charge in [0.05, 0.1) is 9.79 Å². The van der Waals surface area contributed by atoms with Gasteiger partial charge < -0.3 is 10.6 Å². The van der Waals surface area contributed by atoms with E-state index in [0.717, 1.165) is 70.8 Å². The summed E-state index contributed by atoms with van der Waals surface area (Å²) in [6, 6.07) is 31.8. The third-order valence-electron chi connectivity index (χ3n) is 8.33. The van der Waals surface area contributed by atoms with Crippen LogP contribution in [0.3, 0.4) is 0 Å². The Morgan fingerprint density at radius 1 is 0.463 bits per heavy atom. The van der Waals surface area contributed by atoms with Crippen LogP contribution >= 0.6 is 0 Å². The highest BCUT2D eigenvalue weighted by Gasteiger charge is 2.17. The first-order chi connectivity index (χ1) is 25.7. The molecular formula is C40H32F2N4O6S2. The van der Waals surface area contributed by atoms with Crippen LogP contribution in [0.2, 0.25) is 0 Å². The lowest BCUT2D eigenvalue weighted by Crippen LogP contribution is -2.15. The zero-order chi connectivity index (χ0) is 38.6. The Kier molecular flexibility index (Phi) is 10.6. The molecule has 0 aliphatic heterocycles. The molecule has 2 amide bonds. The fraction of sp³-hybridized carbons (Fsp3) is 0.0500. The van der Waals surface area contributed by atoms with Gasteiger partial charge in [0.15, 0.2) is 0 Å². The molecule has 0 aliphatic rings. The van der Waals surface area contributed by atoms with Gasteiger partial charge in [-0.1, -0.05) is 12.1 Å². The van der Waals surface area contributed by atoms with Gasteiger partial charge >= 0.3 is 0 Å². The number of halogens is 2. The van der Waals surface area contributed by atoms with Crippen molar-refractivity contribution in [2.45, 2.75) is 23.6 Å². The normalized spacial score (nSPS) is 11.4. The number of benzene rings is 6. The van der Waals surface area contributed by atoms with Crippen LogP contribution in [0.15, 0.2) is 143 Å². The van der Waals surface area contributed by atoms with Crippen LogP contribution < -0.4 is 20.1 Å². The van der Waals surface area contributed by atoms with E-state index in [0.29, 0.717) is 22.5 Å². The van der Waals surface area contributed by atoms with Crippen molar-refractivity contribution in [2.24, 2.45) is 0 Å². The topological polar surface area (TPSA) is 151 Å². The van der Waals surface area contributed by atoms with Crippen molar-refractivity contribution in [1.82, 2.24) is 0 Å². The van der Waals surface area contributed by atoms with Crippen molar-refractivity contribution in [2.75, 3.05) is 20.1 Å². The smallest absolute Gasteiger partial charge is 0.261 e. The van der Waals surface area contributed by atoms with Gasteiger partial charge in [0.1, 0.15) is 11.6 Å². The first-order valence-corrected chi connectivity index (χ1v) is 19.2. The predicted molar refractivity (Wildman–Crippen MR) is 205 cm³/mol. The summed E-state index contributed by atoms with van der Waals surface area (Å²) < 4.78 is 81.6. The van der Waals surface area contributed by atoms with Crippen LogP contribution in [0, 0.1) is 25.5 Å². The van der Waals surface area contributed by atoms with E-state index in [4.69, 9.17) is 0 Å². The molecule has 14 heteroatoms. The summed E-state index contributed by atoms with van der Waals surface area (Å²) in [6.07, 6.45) is 0. The van der Waals surface area contributed by atoms with Crippen LogP contribution in [-0.4, -0.2) is 28.6 Å². The molecule has 0 spiro atoms. The van der Waals surface area contributed by atoms with Crippen molar-refractivity contribution in [3.8, 4) is 11.1 Å². The highest BCUT2D eigenvalue weighted by molar-refractivity contribution is 7.93. The third-order valence-corrected chi connectivity index (χ3v) is 11.1. The molecule has 0 fully saturated rings. The van der Waals surface area contributed by atoms with Crippen molar-refractivity contribution in [3.05, 3.63) is 167 Å². The largest absolute Gasteiger partial charge is 0.322 e. The minimum Gasteiger partial charge on any atom is -0.322 e. The molecule has 10 nitrogen and oxygen atoms in total. The van der Waals surface area contributed by atoms with E-state index in [1.165, 1.54) is 48.5 Å². The minimum absolute atomic E-state index is 0.0977. The molecule has 0 atom stereocenters.